The molecule has 1 spiro atoms. The maximum absolute atomic E-state index is 6.00. The lowest BCUT2D eigenvalue weighted by atomic mass is 9.87. The van der Waals surface area contributed by atoms with Crippen LogP contribution in [0.15, 0.2) is 36.9 Å². The van der Waals surface area contributed by atoms with Crippen molar-refractivity contribution in [2.75, 3.05) is 39.4 Å². The van der Waals surface area contributed by atoms with Gasteiger partial charge in [-0.15, -0.1) is 0 Å². The molecule has 4 heterocycles. The fourth-order valence-corrected chi connectivity index (χ4v) is 4.12. The minimum Gasteiger partial charge on any atom is -0.379 e. The zero-order chi connectivity index (χ0) is 17.1. The first-order chi connectivity index (χ1) is 12.2. The molecular formula is C19H27N5O. The van der Waals surface area contributed by atoms with Crippen LogP contribution in [0.3, 0.4) is 0 Å². The molecule has 2 aromatic heterocycles. The lowest BCUT2D eigenvalue weighted by molar-refractivity contribution is 0.0705. The van der Waals surface area contributed by atoms with Crippen molar-refractivity contribution in [2.24, 2.45) is 12.5 Å². The molecule has 1 atom stereocenters. The third kappa shape index (κ3) is 3.92. The number of nitrogens with zero attached hydrogens (tertiary/aromatic N) is 5. The molecule has 6 heteroatoms. The third-order valence-electron chi connectivity index (χ3n) is 5.45. The molecule has 25 heavy (non-hydrogen) atoms. The van der Waals surface area contributed by atoms with Gasteiger partial charge in [0, 0.05) is 63.4 Å². The van der Waals surface area contributed by atoms with Gasteiger partial charge in [-0.05, 0) is 24.6 Å². The summed E-state index contributed by atoms with van der Waals surface area (Å²) in [5.74, 6) is 1.13. The number of rotatable bonds is 4. The highest BCUT2D eigenvalue weighted by Crippen LogP contribution is 2.34. The van der Waals surface area contributed by atoms with Crippen LogP contribution < -0.4 is 0 Å². The molecule has 0 saturated carbocycles. The van der Waals surface area contributed by atoms with E-state index < -0.39 is 0 Å². The van der Waals surface area contributed by atoms with E-state index in [-0.39, 0.29) is 5.41 Å². The van der Waals surface area contributed by atoms with Gasteiger partial charge < -0.3 is 9.30 Å². The SMILES string of the molecule is Cn1ccnc1CN1CCOCC2(CCN(Cc3cccnc3)C2)C1. The normalized spacial score (nSPS) is 25.5. The summed E-state index contributed by atoms with van der Waals surface area (Å²) in [7, 11) is 2.07. The fourth-order valence-electron chi connectivity index (χ4n) is 4.12. The average Bonchev–Trinajstić information content (AvgIpc) is 3.13. The minimum absolute atomic E-state index is 0.240. The molecule has 0 radical (unpaired) electrons. The van der Waals surface area contributed by atoms with Crippen molar-refractivity contribution in [3.8, 4) is 0 Å². The molecule has 0 aromatic carbocycles. The predicted octanol–water partition coefficient (Wildman–Crippen LogP) is 1.54. The summed E-state index contributed by atoms with van der Waals surface area (Å²) in [5.41, 5.74) is 1.53. The summed E-state index contributed by atoms with van der Waals surface area (Å²) >= 11 is 0. The lowest BCUT2D eigenvalue weighted by Crippen LogP contribution is -2.40. The molecule has 2 aliphatic rings. The van der Waals surface area contributed by atoms with Crippen molar-refractivity contribution in [3.63, 3.8) is 0 Å². The van der Waals surface area contributed by atoms with Gasteiger partial charge in [0.1, 0.15) is 5.82 Å². The van der Waals surface area contributed by atoms with E-state index >= 15 is 0 Å². The molecular weight excluding hydrogens is 314 g/mol. The van der Waals surface area contributed by atoms with Crippen LogP contribution in [-0.2, 0) is 24.9 Å². The van der Waals surface area contributed by atoms with E-state index in [9.17, 15) is 0 Å². The second-order valence-corrected chi connectivity index (χ2v) is 7.54. The molecule has 2 saturated heterocycles. The van der Waals surface area contributed by atoms with Gasteiger partial charge in [0.05, 0.1) is 19.8 Å². The number of likely N-dealkylation sites (tertiary alicyclic amines) is 1. The second-order valence-electron chi connectivity index (χ2n) is 7.54. The molecule has 0 N–H and O–H groups in total. The van der Waals surface area contributed by atoms with Crippen molar-refractivity contribution in [1.82, 2.24) is 24.3 Å². The van der Waals surface area contributed by atoms with E-state index in [4.69, 9.17) is 4.74 Å². The van der Waals surface area contributed by atoms with E-state index in [2.05, 4.69) is 37.4 Å². The quantitative estimate of drug-likeness (QED) is 0.844. The highest BCUT2D eigenvalue weighted by molar-refractivity contribution is 5.09. The number of imidazole rings is 1. The molecule has 2 fully saturated rings. The topological polar surface area (TPSA) is 46.4 Å². The Balaban J connectivity index is 1.41. The van der Waals surface area contributed by atoms with E-state index in [1.165, 1.54) is 12.0 Å². The summed E-state index contributed by atoms with van der Waals surface area (Å²) < 4.78 is 8.12. The second kappa shape index (κ2) is 7.23. The molecule has 2 aromatic rings. The molecule has 1 unspecified atom stereocenters. The molecule has 0 aliphatic carbocycles. The third-order valence-corrected chi connectivity index (χ3v) is 5.45. The highest BCUT2D eigenvalue weighted by Gasteiger charge is 2.41. The largest absolute Gasteiger partial charge is 0.379 e. The zero-order valence-electron chi connectivity index (χ0n) is 15.0. The van der Waals surface area contributed by atoms with Gasteiger partial charge in [0.25, 0.3) is 0 Å². The Morgan fingerprint density at radius 2 is 2.04 bits per heavy atom. The van der Waals surface area contributed by atoms with Crippen LogP contribution in [0.4, 0.5) is 0 Å². The van der Waals surface area contributed by atoms with Gasteiger partial charge in [-0.2, -0.15) is 0 Å². The van der Waals surface area contributed by atoms with Gasteiger partial charge >= 0.3 is 0 Å². The summed E-state index contributed by atoms with van der Waals surface area (Å²) in [6.07, 6.45) is 8.91. The molecule has 2 aliphatic heterocycles. The Bertz CT molecular complexity index is 688. The van der Waals surface area contributed by atoms with E-state index in [1.807, 2.05) is 30.9 Å². The maximum Gasteiger partial charge on any atom is 0.122 e. The average molecular weight is 341 g/mol. The molecule has 0 bridgehead atoms. The van der Waals surface area contributed by atoms with E-state index in [0.29, 0.717) is 0 Å². The number of pyridine rings is 1. The zero-order valence-corrected chi connectivity index (χ0v) is 15.0. The van der Waals surface area contributed by atoms with Gasteiger partial charge in [-0.3, -0.25) is 14.8 Å². The molecule has 6 nitrogen and oxygen atoms in total. The van der Waals surface area contributed by atoms with Crippen molar-refractivity contribution < 1.29 is 4.74 Å². The number of aryl methyl sites for hydroxylation is 1. The summed E-state index contributed by atoms with van der Waals surface area (Å²) in [6, 6.07) is 4.18. The van der Waals surface area contributed by atoms with Crippen LogP contribution in [-0.4, -0.2) is 63.7 Å². The first kappa shape index (κ1) is 16.7. The minimum atomic E-state index is 0.240. The van der Waals surface area contributed by atoms with Crippen molar-refractivity contribution in [2.45, 2.75) is 19.5 Å². The summed E-state index contributed by atoms with van der Waals surface area (Å²) in [4.78, 5) is 13.8. The van der Waals surface area contributed by atoms with Crippen molar-refractivity contribution in [3.05, 3.63) is 48.3 Å². The molecule has 134 valence electrons. The Morgan fingerprint density at radius 1 is 1.16 bits per heavy atom. The van der Waals surface area contributed by atoms with Crippen LogP contribution in [0.5, 0.6) is 0 Å². The van der Waals surface area contributed by atoms with Gasteiger partial charge in [-0.1, -0.05) is 6.07 Å². The van der Waals surface area contributed by atoms with Crippen molar-refractivity contribution >= 4 is 0 Å². The summed E-state index contributed by atoms with van der Waals surface area (Å²) in [6.45, 7) is 7.86. The molecule has 4 rings (SSSR count). The van der Waals surface area contributed by atoms with Crippen LogP contribution in [0.1, 0.15) is 17.8 Å². The van der Waals surface area contributed by atoms with Gasteiger partial charge in [0.2, 0.25) is 0 Å². The smallest absolute Gasteiger partial charge is 0.122 e. The van der Waals surface area contributed by atoms with E-state index in [1.54, 1.807) is 0 Å². The predicted molar refractivity (Wildman–Crippen MR) is 95.9 cm³/mol. The lowest BCUT2D eigenvalue weighted by Gasteiger charge is -2.31. The Hall–Kier alpha value is -1.76. The number of ether oxygens (including phenoxy) is 1. The van der Waals surface area contributed by atoms with E-state index in [0.717, 1.165) is 58.3 Å². The summed E-state index contributed by atoms with van der Waals surface area (Å²) in [5, 5.41) is 0. The fraction of sp³-hybridized carbons (Fsp3) is 0.579. The Morgan fingerprint density at radius 3 is 2.80 bits per heavy atom. The number of hydrogen-bond donors (Lipinski definition) is 0. The maximum atomic E-state index is 6.00. The first-order valence-electron chi connectivity index (χ1n) is 9.10. The Labute approximate surface area is 149 Å². The number of hydrogen-bond acceptors (Lipinski definition) is 5. The number of aromatic nitrogens is 3. The molecule has 0 amide bonds. The Kier molecular flexibility index (Phi) is 4.83. The van der Waals surface area contributed by atoms with Crippen molar-refractivity contribution in [1.29, 1.82) is 0 Å². The van der Waals surface area contributed by atoms with Gasteiger partial charge in [0.15, 0.2) is 0 Å². The van der Waals surface area contributed by atoms with Crippen LogP contribution in [0, 0.1) is 5.41 Å². The van der Waals surface area contributed by atoms with Gasteiger partial charge in [-0.25, -0.2) is 4.98 Å². The van der Waals surface area contributed by atoms with Crippen LogP contribution in [0.2, 0.25) is 0 Å². The standard InChI is InChI=1S/C19H27N5O/c1-22-8-6-21-18(22)13-24-9-10-25-16-19(15-24)4-7-23(14-19)12-17-3-2-5-20-11-17/h2-3,5-6,8,11H,4,7,9-10,12-16H2,1H3. The van der Waals surface area contributed by atoms with Crippen LogP contribution in [0.25, 0.3) is 0 Å². The van der Waals surface area contributed by atoms with Crippen LogP contribution >= 0.6 is 0 Å². The first-order valence-corrected chi connectivity index (χ1v) is 9.10. The highest BCUT2D eigenvalue weighted by atomic mass is 16.5. The monoisotopic (exact) mass is 341 g/mol.